The first-order valence-electron chi connectivity index (χ1n) is 3.80. The molecular formula is C6H8B2O3S2. The maximum absolute atomic E-state index is 10.8. The van der Waals surface area contributed by atoms with Crippen molar-refractivity contribution in [3.05, 3.63) is 0 Å². The van der Waals surface area contributed by atoms with Crippen molar-refractivity contribution in [3.63, 3.8) is 0 Å². The minimum Gasteiger partial charge on any atom is -0.542 e. The fourth-order valence-electron chi connectivity index (χ4n) is 0.883. The van der Waals surface area contributed by atoms with Crippen LogP contribution in [0.1, 0.15) is 6.42 Å². The summed E-state index contributed by atoms with van der Waals surface area (Å²) in [4.78, 5) is 10.8. The molecule has 2 atom stereocenters. The Bertz CT molecular complexity index is 175. The van der Waals surface area contributed by atoms with Gasteiger partial charge in [-0.05, 0) is 6.42 Å². The third-order valence-corrected chi connectivity index (χ3v) is 4.03. The van der Waals surface area contributed by atoms with Crippen LogP contribution in [0.3, 0.4) is 0 Å². The molecule has 13 heavy (non-hydrogen) atoms. The number of hydrogen-bond donors (Lipinski definition) is 0. The molecule has 0 N–H and O–H groups in total. The number of rotatable bonds is 3. The lowest BCUT2D eigenvalue weighted by molar-refractivity contribution is -0.144. The van der Waals surface area contributed by atoms with Crippen molar-refractivity contribution in [1.82, 2.24) is 0 Å². The molecule has 1 aliphatic rings. The van der Waals surface area contributed by atoms with Gasteiger partial charge >= 0.3 is 14.0 Å². The number of carbonyl (C=O) groups excluding carboxylic acids is 1. The Morgan fingerprint density at radius 1 is 1.54 bits per heavy atom. The predicted octanol–water partition coefficient (Wildman–Crippen LogP) is 0.278. The van der Waals surface area contributed by atoms with Crippen molar-refractivity contribution in [2.45, 2.75) is 18.5 Å². The van der Waals surface area contributed by atoms with Gasteiger partial charge in [0.1, 0.15) is 13.8 Å². The molecule has 1 saturated heterocycles. The van der Waals surface area contributed by atoms with Gasteiger partial charge in [0.15, 0.2) is 0 Å². The van der Waals surface area contributed by atoms with Gasteiger partial charge in [0.2, 0.25) is 0 Å². The van der Waals surface area contributed by atoms with E-state index in [1.165, 1.54) is 0 Å². The summed E-state index contributed by atoms with van der Waals surface area (Å²) < 4.78 is 9.19. The van der Waals surface area contributed by atoms with Crippen molar-refractivity contribution in [1.29, 1.82) is 0 Å². The van der Waals surface area contributed by atoms with Crippen LogP contribution in [-0.4, -0.2) is 45.5 Å². The van der Waals surface area contributed by atoms with Gasteiger partial charge in [-0.2, -0.15) is 0 Å². The quantitative estimate of drug-likeness (QED) is 0.497. The first-order valence-corrected chi connectivity index (χ1v) is 6.29. The molecule has 68 valence electrons. The SMILES string of the molecule is [B]OC(=O)C([B])OC1CCSSC1. The van der Waals surface area contributed by atoms with E-state index in [0.717, 1.165) is 17.9 Å². The van der Waals surface area contributed by atoms with Gasteiger partial charge in [-0.25, -0.2) is 0 Å². The Morgan fingerprint density at radius 3 is 2.85 bits per heavy atom. The number of carbonyl (C=O) groups is 1. The molecule has 0 aromatic rings. The zero-order chi connectivity index (χ0) is 9.68. The van der Waals surface area contributed by atoms with Gasteiger partial charge in [-0.15, -0.1) is 0 Å². The predicted molar refractivity (Wildman–Crippen MR) is 55.8 cm³/mol. The van der Waals surface area contributed by atoms with Crippen LogP contribution >= 0.6 is 21.6 Å². The summed E-state index contributed by atoms with van der Waals surface area (Å²) in [6, 6.07) is -1.06. The molecular weight excluding hydrogens is 206 g/mol. The van der Waals surface area contributed by atoms with Crippen molar-refractivity contribution < 1.29 is 14.2 Å². The van der Waals surface area contributed by atoms with Crippen LogP contribution < -0.4 is 0 Å². The molecule has 4 radical (unpaired) electrons. The van der Waals surface area contributed by atoms with E-state index in [0.29, 0.717) is 0 Å². The standard InChI is InChI=1S/C6H8B2O3S2/c7-5(6(9)11-8)10-4-1-2-12-13-3-4/h4-5H,1-3H2. The van der Waals surface area contributed by atoms with E-state index in [1.54, 1.807) is 21.6 Å². The second-order valence-corrected chi connectivity index (χ2v) is 5.14. The van der Waals surface area contributed by atoms with Crippen molar-refractivity contribution in [2.75, 3.05) is 11.5 Å². The largest absolute Gasteiger partial charge is 0.542 e. The zero-order valence-corrected chi connectivity index (χ0v) is 8.60. The molecule has 0 aromatic heterocycles. The summed E-state index contributed by atoms with van der Waals surface area (Å²) in [5.74, 6) is 1.12. The topological polar surface area (TPSA) is 35.5 Å². The second-order valence-electron chi connectivity index (χ2n) is 2.51. The zero-order valence-electron chi connectivity index (χ0n) is 6.97. The lowest BCUT2D eigenvalue weighted by atomic mass is 10.00. The van der Waals surface area contributed by atoms with Crippen LogP contribution in [0, 0.1) is 0 Å². The first-order chi connectivity index (χ1) is 6.24. The van der Waals surface area contributed by atoms with Crippen LogP contribution in [0.5, 0.6) is 0 Å². The van der Waals surface area contributed by atoms with Crippen LogP contribution in [0.15, 0.2) is 0 Å². The van der Waals surface area contributed by atoms with Crippen molar-refractivity contribution in [3.8, 4) is 0 Å². The molecule has 0 bridgehead atoms. The van der Waals surface area contributed by atoms with Crippen molar-refractivity contribution >= 4 is 43.5 Å². The van der Waals surface area contributed by atoms with E-state index in [9.17, 15) is 4.79 Å². The molecule has 2 unspecified atom stereocenters. The first kappa shape index (κ1) is 11.3. The van der Waals surface area contributed by atoms with E-state index in [4.69, 9.17) is 12.6 Å². The van der Waals surface area contributed by atoms with Gasteiger partial charge < -0.3 is 9.39 Å². The summed E-state index contributed by atoms with van der Waals surface area (Å²) in [6.45, 7) is 0. The Morgan fingerprint density at radius 2 is 2.31 bits per heavy atom. The number of ether oxygens (including phenoxy) is 1. The summed E-state index contributed by atoms with van der Waals surface area (Å²) in [5.41, 5.74) is 0. The highest BCUT2D eigenvalue weighted by molar-refractivity contribution is 8.76. The lowest BCUT2D eigenvalue weighted by Gasteiger charge is -2.24. The molecule has 0 saturated carbocycles. The van der Waals surface area contributed by atoms with Crippen LogP contribution in [0.2, 0.25) is 0 Å². The molecule has 0 aromatic carbocycles. The Hall–Kier alpha value is 0.260. The minimum atomic E-state index is -1.06. The highest BCUT2D eigenvalue weighted by Crippen LogP contribution is 2.30. The van der Waals surface area contributed by atoms with E-state index < -0.39 is 12.0 Å². The number of hydrogen-bond acceptors (Lipinski definition) is 5. The van der Waals surface area contributed by atoms with E-state index in [-0.39, 0.29) is 6.10 Å². The average Bonchev–Trinajstić information content (AvgIpc) is 2.18. The lowest BCUT2D eigenvalue weighted by Crippen LogP contribution is -2.33. The third-order valence-electron chi connectivity index (χ3n) is 1.55. The Balaban J connectivity index is 2.25. The van der Waals surface area contributed by atoms with Gasteiger partial charge in [0.05, 0.1) is 6.10 Å². The monoisotopic (exact) mass is 214 g/mol. The van der Waals surface area contributed by atoms with Crippen LogP contribution in [0.25, 0.3) is 0 Å². The van der Waals surface area contributed by atoms with Gasteiger partial charge in [0, 0.05) is 11.5 Å². The second kappa shape index (κ2) is 5.88. The van der Waals surface area contributed by atoms with Crippen molar-refractivity contribution in [2.24, 2.45) is 0 Å². The van der Waals surface area contributed by atoms with Gasteiger partial charge in [-0.3, -0.25) is 4.79 Å². The third kappa shape index (κ3) is 3.87. The van der Waals surface area contributed by atoms with Crippen LogP contribution in [0.4, 0.5) is 0 Å². The highest BCUT2D eigenvalue weighted by Gasteiger charge is 2.21. The molecule has 7 heteroatoms. The highest BCUT2D eigenvalue weighted by atomic mass is 33.1. The molecule has 0 aliphatic carbocycles. The summed E-state index contributed by atoms with van der Waals surface area (Å²) in [7, 11) is 13.5. The average molecular weight is 214 g/mol. The molecule has 1 fully saturated rings. The molecule has 1 rings (SSSR count). The fourth-order valence-corrected chi connectivity index (χ4v) is 3.24. The van der Waals surface area contributed by atoms with E-state index in [1.807, 2.05) is 0 Å². The van der Waals surface area contributed by atoms with Gasteiger partial charge in [0.25, 0.3) is 0 Å². The summed E-state index contributed by atoms with van der Waals surface area (Å²) in [6.07, 6.45) is 0.934. The smallest absolute Gasteiger partial charge is 0.378 e. The van der Waals surface area contributed by atoms with E-state index in [2.05, 4.69) is 12.7 Å². The molecule has 0 spiro atoms. The Kier molecular flexibility index (Phi) is 5.13. The van der Waals surface area contributed by atoms with E-state index >= 15 is 0 Å². The van der Waals surface area contributed by atoms with Gasteiger partial charge in [-0.1, -0.05) is 21.6 Å². The summed E-state index contributed by atoms with van der Waals surface area (Å²) >= 11 is 0. The molecule has 1 heterocycles. The molecule has 0 amide bonds. The maximum Gasteiger partial charge on any atom is 0.378 e. The normalized spacial score (nSPS) is 25.1. The Labute approximate surface area is 87.9 Å². The molecule has 1 aliphatic heterocycles. The fraction of sp³-hybridized carbons (Fsp3) is 0.833. The van der Waals surface area contributed by atoms with Crippen LogP contribution in [-0.2, 0) is 14.2 Å². The summed E-state index contributed by atoms with van der Waals surface area (Å²) in [5, 5.41) is 0. The molecule has 3 nitrogen and oxygen atoms in total. The maximum atomic E-state index is 10.8. The minimum absolute atomic E-state index is 0.0281.